The van der Waals surface area contributed by atoms with Crippen LogP contribution in [-0.4, -0.2) is 13.1 Å². The Hall–Kier alpha value is -1.02. The molecular weight excluding hydrogens is 176 g/mol. The van der Waals surface area contributed by atoms with Gasteiger partial charge in [0.1, 0.15) is 0 Å². The Balaban J connectivity index is 2.98. The Morgan fingerprint density at radius 3 is 2.83 bits per heavy atom. The average molecular weight is 185 g/mol. The normalized spacial score (nSPS) is 16.2. The summed E-state index contributed by atoms with van der Waals surface area (Å²) in [4.78, 5) is 11.1. The van der Waals surface area contributed by atoms with Crippen LogP contribution in [0.2, 0.25) is 0 Å². The van der Waals surface area contributed by atoms with Gasteiger partial charge in [0.2, 0.25) is 0 Å². The van der Waals surface area contributed by atoms with Crippen LogP contribution in [0, 0.1) is 0 Å². The van der Waals surface area contributed by atoms with Crippen molar-refractivity contribution in [2.75, 3.05) is 7.11 Å². The van der Waals surface area contributed by atoms with Crippen molar-refractivity contribution in [3.8, 4) is 0 Å². The summed E-state index contributed by atoms with van der Waals surface area (Å²) in [6.07, 6.45) is 7.91. The molecule has 64 valence electrons. The summed E-state index contributed by atoms with van der Waals surface area (Å²) < 4.78 is 4.55. The Kier molecular flexibility index (Phi) is 3.11. The molecule has 0 aliphatic heterocycles. The van der Waals surface area contributed by atoms with Gasteiger partial charge in [0.25, 0.3) is 0 Å². The van der Waals surface area contributed by atoms with Crippen LogP contribution in [-0.2, 0) is 9.53 Å². The Morgan fingerprint density at radius 2 is 2.17 bits per heavy atom. The number of halogens is 1. The summed E-state index contributed by atoms with van der Waals surface area (Å²) in [6, 6.07) is 0. The van der Waals surface area contributed by atoms with E-state index in [-0.39, 0.29) is 0 Å². The fourth-order valence-corrected chi connectivity index (χ4v) is 1.11. The first kappa shape index (κ1) is 9.07. The molecule has 0 aromatic rings. The number of methoxy groups -OCH3 is 1. The standard InChI is InChI=1S/C9H9ClO2/c1-12-9(11)7-5-3-2-4-6-8(7)10/h3-6H,2H2,1H3. The molecule has 0 amide bonds. The number of ether oxygens (including phenoxy) is 1. The molecule has 3 heteroatoms. The molecule has 0 fully saturated rings. The molecule has 0 atom stereocenters. The minimum absolute atomic E-state index is 0.400. The van der Waals surface area contributed by atoms with Crippen molar-refractivity contribution >= 4 is 17.6 Å². The molecule has 0 N–H and O–H groups in total. The van der Waals surface area contributed by atoms with Crippen molar-refractivity contribution in [2.45, 2.75) is 6.42 Å². The van der Waals surface area contributed by atoms with Crippen LogP contribution in [0.15, 0.2) is 34.9 Å². The first-order chi connectivity index (χ1) is 5.75. The molecule has 0 heterocycles. The molecule has 0 bridgehead atoms. The van der Waals surface area contributed by atoms with Gasteiger partial charge in [-0.2, -0.15) is 0 Å². The van der Waals surface area contributed by atoms with E-state index in [2.05, 4.69) is 4.74 Å². The summed E-state index contributed by atoms with van der Waals surface area (Å²) in [6.45, 7) is 0. The maximum atomic E-state index is 11.1. The molecule has 1 aliphatic carbocycles. The lowest BCUT2D eigenvalue weighted by Crippen LogP contribution is -2.03. The van der Waals surface area contributed by atoms with Gasteiger partial charge in [-0.05, 0) is 18.6 Å². The van der Waals surface area contributed by atoms with E-state index >= 15 is 0 Å². The highest BCUT2D eigenvalue weighted by molar-refractivity contribution is 6.33. The number of hydrogen-bond donors (Lipinski definition) is 0. The Morgan fingerprint density at radius 1 is 1.50 bits per heavy atom. The summed E-state index contributed by atoms with van der Waals surface area (Å²) in [5.74, 6) is -0.400. The summed E-state index contributed by atoms with van der Waals surface area (Å²) in [7, 11) is 1.34. The van der Waals surface area contributed by atoms with E-state index < -0.39 is 5.97 Å². The zero-order valence-electron chi connectivity index (χ0n) is 6.71. The SMILES string of the molecule is COC(=O)C1=C(Cl)C=CCC=C1. The van der Waals surface area contributed by atoms with Gasteiger partial charge in [-0.1, -0.05) is 23.8 Å². The predicted molar refractivity (Wildman–Crippen MR) is 47.8 cm³/mol. The van der Waals surface area contributed by atoms with Crippen LogP contribution in [0.5, 0.6) is 0 Å². The number of esters is 1. The maximum absolute atomic E-state index is 11.1. The molecule has 0 unspecified atom stereocenters. The Bertz CT molecular complexity index is 274. The second-order valence-corrected chi connectivity index (χ2v) is 2.70. The highest BCUT2D eigenvalue weighted by Gasteiger charge is 2.10. The largest absolute Gasteiger partial charge is 0.465 e. The van der Waals surface area contributed by atoms with Crippen molar-refractivity contribution in [1.82, 2.24) is 0 Å². The smallest absolute Gasteiger partial charge is 0.339 e. The Labute approximate surface area is 76.2 Å². The molecule has 0 saturated heterocycles. The van der Waals surface area contributed by atoms with Crippen LogP contribution in [0.4, 0.5) is 0 Å². The lowest BCUT2D eigenvalue weighted by Gasteiger charge is -1.99. The molecule has 1 rings (SSSR count). The van der Waals surface area contributed by atoms with Crippen LogP contribution in [0.1, 0.15) is 6.42 Å². The topological polar surface area (TPSA) is 26.3 Å². The van der Waals surface area contributed by atoms with Gasteiger partial charge in [-0.3, -0.25) is 0 Å². The second kappa shape index (κ2) is 4.12. The van der Waals surface area contributed by atoms with Gasteiger partial charge in [0.15, 0.2) is 0 Å². The van der Waals surface area contributed by atoms with Gasteiger partial charge in [0.05, 0.1) is 17.7 Å². The lowest BCUT2D eigenvalue weighted by atomic mass is 10.2. The van der Waals surface area contributed by atoms with Crippen LogP contribution in [0.3, 0.4) is 0 Å². The van der Waals surface area contributed by atoms with Crippen LogP contribution >= 0.6 is 11.6 Å². The predicted octanol–water partition coefficient (Wildman–Crippen LogP) is 2.17. The molecule has 2 nitrogen and oxygen atoms in total. The van der Waals surface area contributed by atoms with Gasteiger partial charge < -0.3 is 4.74 Å². The highest BCUT2D eigenvalue weighted by Crippen LogP contribution is 2.17. The zero-order valence-corrected chi connectivity index (χ0v) is 7.47. The summed E-state index contributed by atoms with van der Waals surface area (Å²) >= 11 is 5.80. The number of hydrogen-bond acceptors (Lipinski definition) is 2. The molecule has 0 aromatic heterocycles. The van der Waals surface area contributed by atoms with E-state index in [0.29, 0.717) is 10.6 Å². The summed E-state index contributed by atoms with van der Waals surface area (Å²) in [5, 5.41) is 0.426. The zero-order chi connectivity index (χ0) is 8.97. The molecular formula is C9H9ClO2. The monoisotopic (exact) mass is 184 g/mol. The van der Waals surface area contributed by atoms with E-state index in [1.165, 1.54) is 7.11 Å². The third kappa shape index (κ3) is 1.98. The first-order valence-corrected chi connectivity index (χ1v) is 3.94. The molecule has 0 spiro atoms. The number of carbonyl (C=O) groups is 1. The van der Waals surface area contributed by atoms with Gasteiger partial charge in [-0.15, -0.1) is 0 Å². The molecule has 1 aliphatic rings. The van der Waals surface area contributed by atoms with E-state index in [1.54, 1.807) is 12.2 Å². The van der Waals surface area contributed by atoms with Gasteiger partial charge >= 0.3 is 5.97 Å². The van der Waals surface area contributed by atoms with E-state index in [4.69, 9.17) is 11.6 Å². The molecule has 0 aromatic carbocycles. The van der Waals surface area contributed by atoms with Crippen molar-refractivity contribution in [3.05, 3.63) is 34.9 Å². The van der Waals surface area contributed by atoms with Crippen molar-refractivity contribution in [1.29, 1.82) is 0 Å². The van der Waals surface area contributed by atoms with Crippen molar-refractivity contribution < 1.29 is 9.53 Å². The quantitative estimate of drug-likeness (QED) is 0.584. The number of carbonyl (C=O) groups excluding carboxylic acids is 1. The van der Waals surface area contributed by atoms with E-state index in [0.717, 1.165) is 6.42 Å². The minimum atomic E-state index is -0.400. The minimum Gasteiger partial charge on any atom is -0.465 e. The highest BCUT2D eigenvalue weighted by atomic mass is 35.5. The maximum Gasteiger partial charge on any atom is 0.339 e. The lowest BCUT2D eigenvalue weighted by molar-refractivity contribution is -0.135. The van der Waals surface area contributed by atoms with Gasteiger partial charge in [-0.25, -0.2) is 4.79 Å². The fourth-order valence-electron chi connectivity index (χ4n) is 0.881. The first-order valence-electron chi connectivity index (χ1n) is 3.57. The summed E-state index contributed by atoms with van der Waals surface area (Å²) in [5.41, 5.74) is 0.410. The molecule has 12 heavy (non-hydrogen) atoms. The van der Waals surface area contributed by atoms with Crippen molar-refractivity contribution in [2.24, 2.45) is 0 Å². The van der Waals surface area contributed by atoms with E-state index in [9.17, 15) is 4.79 Å². The van der Waals surface area contributed by atoms with Gasteiger partial charge in [0, 0.05) is 0 Å². The fraction of sp³-hybridized carbons (Fsp3) is 0.222. The molecule has 0 saturated carbocycles. The number of rotatable bonds is 1. The molecule has 0 radical (unpaired) electrons. The third-order valence-corrected chi connectivity index (χ3v) is 1.81. The van der Waals surface area contributed by atoms with Crippen molar-refractivity contribution in [3.63, 3.8) is 0 Å². The number of allylic oxidation sites excluding steroid dienone is 4. The van der Waals surface area contributed by atoms with Crippen LogP contribution in [0.25, 0.3) is 0 Å². The van der Waals surface area contributed by atoms with E-state index in [1.807, 2.05) is 12.2 Å². The average Bonchev–Trinajstić information content (AvgIpc) is 2.28. The third-order valence-electron chi connectivity index (χ3n) is 1.48. The van der Waals surface area contributed by atoms with Crippen LogP contribution < -0.4 is 0 Å². The second-order valence-electron chi connectivity index (χ2n) is 2.29.